The lowest BCUT2D eigenvalue weighted by molar-refractivity contribution is -0.125. The largest absolute Gasteiger partial charge is 0.356 e. The van der Waals surface area contributed by atoms with Crippen molar-refractivity contribution in [2.45, 2.75) is 19.4 Å². The van der Waals surface area contributed by atoms with Crippen LogP contribution in [0.15, 0.2) is 72.0 Å². The molecule has 9 heteroatoms. The van der Waals surface area contributed by atoms with Crippen molar-refractivity contribution in [3.63, 3.8) is 0 Å². The van der Waals surface area contributed by atoms with E-state index in [0.717, 1.165) is 48.5 Å². The quantitative estimate of drug-likeness (QED) is 0.490. The maximum Gasteiger partial charge on any atom is 0.266 e. The molecule has 0 atom stereocenters. The molecule has 1 saturated heterocycles. The minimum Gasteiger partial charge on any atom is -0.356 e. The van der Waals surface area contributed by atoms with E-state index in [9.17, 15) is 9.59 Å². The van der Waals surface area contributed by atoms with E-state index >= 15 is 0 Å². The molecule has 1 N–H and O–H groups in total. The van der Waals surface area contributed by atoms with Crippen molar-refractivity contribution in [2.75, 3.05) is 24.5 Å². The molecule has 4 aromatic rings. The second kappa shape index (κ2) is 9.23. The molecule has 9 nitrogen and oxygen atoms in total. The molecule has 168 valence electrons. The Morgan fingerprint density at radius 2 is 1.85 bits per heavy atom. The maximum atomic E-state index is 12.6. The van der Waals surface area contributed by atoms with Crippen LogP contribution in [0, 0.1) is 5.92 Å². The molecule has 1 amide bonds. The number of hydrogen-bond acceptors (Lipinski definition) is 6. The topological polar surface area (TPSA) is 97.9 Å². The van der Waals surface area contributed by atoms with Crippen LogP contribution in [0.5, 0.6) is 0 Å². The Morgan fingerprint density at radius 3 is 2.70 bits per heavy atom. The summed E-state index contributed by atoms with van der Waals surface area (Å²) in [6, 6.07) is 15.3. The fourth-order valence-electron chi connectivity index (χ4n) is 4.28. The molecule has 1 aromatic carbocycles. The molecular weight excluding hydrogens is 418 g/mol. The van der Waals surface area contributed by atoms with Gasteiger partial charge < -0.3 is 14.8 Å². The third-order valence-corrected chi connectivity index (χ3v) is 6.08. The summed E-state index contributed by atoms with van der Waals surface area (Å²) in [6.45, 7) is 2.25. The minimum atomic E-state index is -0.169. The number of amides is 1. The maximum absolute atomic E-state index is 12.6. The SMILES string of the molecule is O=C(NCCn1ncccc1=O)C1CCN(c2cc(-n3ccc4ccccc43)ncn2)CC1. The number of anilines is 1. The first-order valence-electron chi connectivity index (χ1n) is 11.1. The fourth-order valence-corrected chi connectivity index (χ4v) is 4.28. The van der Waals surface area contributed by atoms with Crippen LogP contribution in [-0.4, -0.2) is 49.9 Å². The summed E-state index contributed by atoms with van der Waals surface area (Å²) in [4.78, 5) is 35.4. The van der Waals surface area contributed by atoms with Gasteiger partial charge in [0, 0.05) is 50.1 Å². The van der Waals surface area contributed by atoms with Crippen LogP contribution in [0.3, 0.4) is 0 Å². The van der Waals surface area contributed by atoms with Gasteiger partial charge in [-0.3, -0.25) is 9.59 Å². The first-order valence-corrected chi connectivity index (χ1v) is 11.1. The summed E-state index contributed by atoms with van der Waals surface area (Å²) >= 11 is 0. The molecule has 4 heterocycles. The number of carbonyl (C=O) groups excluding carboxylic acids is 1. The molecule has 0 bridgehead atoms. The summed E-state index contributed by atoms with van der Waals surface area (Å²) in [6.07, 6.45) is 6.68. The number of nitrogens with one attached hydrogen (secondary N) is 1. The normalized spacial score (nSPS) is 14.5. The summed E-state index contributed by atoms with van der Waals surface area (Å²) in [5.41, 5.74) is 0.933. The van der Waals surface area contributed by atoms with E-state index in [1.807, 2.05) is 24.4 Å². The monoisotopic (exact) mass is 443 g/mol. The molecule has 1 aliphatic rings. The number of piperidine rings is 1. The van der Waals surface area contributed by atoms with E-state index < -0.39 is 0 Å². The number of aromatic nitrogens is 5. The zero-order valence-electron chi connectivity index (χ0n) is 18.2. The Labute approximate surface area is 190 Å². The molecule has 0 spiro atoms. The lowest BCUT2D eigenvalue weighted by Crippen LogP contribution is -2.42. The van der Waals surface area contributed by atoms with Crippen LogP contribution in [0.25, 0.3) is 16.7 Å². The summed E-state index contributed by atoms with van der Waals surface area (Å²) in [7, 11) is 0. The average molecular weight is 444 g/mol. The number of para-hydroxylation sites is 1. The highest BCUT2D eigenvalue weighted by molar-refractivity contribution is 5.81. The zero-order chi connectivity index (χ0) is 22.6. The van der Waals surface area contributed by atoms with Crippen LogP contribution in [0.2, 0.25) is 0 Å². The molecule has 0 radical (unpaired) electrons. The predicted octanol–water partition coefficient (Wildman–Crippen LogP) is 2.01. The fraction of sp³-hybridized carbons (Fsp3) is 0.292. The molecule has 1 fully saturated rings. The van der Waals surface area contributed by atoms with Crippen LogP contribution >= 0.6 is 0 Å². The summed E-state index contributed by atoms with van der Waals surface area (Å²) < 4.78 is 3.41. The molecule has 5 rings (SSSR count). The van der Waals surface area contributed by atoms with Crippen molar-refractivity contribution >= 4 is 22.6 Å². The van der Waals surface area contributed by atoms with E-state index in [4.69, 9.17) is 0 Å². The van der Waals surface area contributed by atoms with Crippen LogP contribution in [0.1, 0.15) is 12.8 Å². The van der Waals surface area contributed by atoms with Gasteiger partial charge in [-0.1, -0.05) is 18.2 Å². The third kappa shape index (κ3) is 4.48. The number of rotatable bonds is 6. The molecule has 0 saturated carbocycles. The van der Waals surface area contributed by atoms with Gasteiger partial charge in [0.2, 0.25) is 5.91 Å². The number of fused-ring (bicyclic) bond motifs is 1. The lowest BCUT2D eigenvalue weighted by Gasteiger charge is -2.32. The standard InChI is InChI=1S/C24H25N7O2/c32-23-6-3-10-28-31(23)15-11-25-24(33)19-7-12-29(13-8-19)21-16-22(27-17-26-21)30-14-9-18-4-1-2-5-20(18)30/h1-6,9-10,14,16-17,19H,7-8,11-13,15H2,(H,25,33). The summed E-state index contributed by atoms with van der Waals surface area (Å²) in [5, 5.41) is 8.11. The van der Waals surface area contributed by atoms with Crippen LogP contribution in [0.4, 0.5) is 5.82 Å². The minimum absolute atomic E-state index is 0.0285. The Kier molecular flexibility index (Phi) is 5.84. The van der Waals surface area contributed by atoms with E-state index in [1.54, 1.807) is 18.6 Å². The second-order valence-corrected chi connectivity index (χ2v) is 8.12. The van der Waals surface area contributed by atoms with E-state index in [2.05, 4.69) is 48.0 Å². The molecular formula is C24H25N7O2. The highest BCUT2D eigenvalue weighted by Crippen LogP contribution is 2.24. The molecule has 0 aliphatic carbocycles. The van der Waals surface area contributed by atoms with Gasteiger partial charge in [-0.2, -0.15) is 5.10 Å². The number of nitrogens with zero attached hydrogens (tertiary/aromatic N) is 6. The molecule has 33 heavy (non-hydrogen) atoms. The van der Waals surface area contributed by atoms with Gasteiger partial charge in [-0.05, 0) is 36.4 Å². The van der Waals surface area contributed by atoms with Crippen LogP contribution in [-0.2, 0) is 11.3 Å². The Balaban J connectivity index is 1.18. The van der Waals surface area contributed by atoms with E-state index in [-0.39, 0.29) is 17.4 Å². The van der Waals surface area contributed by atoms with E-state index in [1.165, 1.54) is 10.7 Å². The van der Waals surface area contributed by atoms with Gasteiger partial charge >= 0.3 is 0 Å². The van der Waals surface area contributed by atoms with Gasteiger partial charge in [-0.15, -0.1) is 0 Å². The van der Waals surface area contributed by atoms with E-state index in [0.29, 0.717) is 13.1 Å². The van der Waals surface area contributed by atoms with Crippen molar-refractivity contribution < 1.29 is 4.79 Å². The highest BCUT2D eigenvalue weighted by Gasteiger charge is 2.25. The Hall–Kier alpha value is -4.01. The third-order valence-electron chi connectivity index (χ3n) is 6.08. The number of hydrogen-bond donors (Lipinski definition) is 1. The lowest BCUT2D eigenvalue weighted by atomic mass is 9.96. The second-order valence-electron chi connectivity index (χ2n) is 8.12. The van der Waals surface area contributed by atoms with Crippen molar-refractivity contribution in [1.29, 1.82) is 0 Å². The van der Waals surface area contributed by atoms with Gasteiger partial charge in [0.05, 0.1) is 12.1 Å². The number of carbonyl (C=O) groups is 1. The summed E-state index contributed by atoms with van der Waals surface area (Å²) in [5.74, 6) is 1.68. The first-order chi connectivity index (χ1) is 16.2. The van der Waals surface area contributed by atoms with Crippen molar-refractivity contribution in [3.8, 4) is 5.82 Å². The predicted molar refractivity (Wildman–Crippen MR) is 125 cm³/mol. The number of benzene rings is 1. The van der Waals surface area contributed by atoms with Crippen molar-refractivity contribution in [1.82, 2.24) is 29.6 Å². The molecule has 0 unspecified atom stereocenters. The van der Waals surface area contributed by atoms with Gasteiger partial charge in [0.25, 0.3) is 5.56 Å². The van der Waals surface area contributed by atoms with Crippen LogP contribution < -0.4 is 15.8 Å². The zero-order valence-corrected chi connectivity index (χ0v) is 18.2. The smallest absolute Gasteiger partial charge is 0.266 e. The Bertz CT molecular complexity index is 1320. The van der Waals surface area contributed by atoms with Gasteiger partial charge in [0.15, 0.2) is 0 Å². The van der Waals surface area contributed by atoms with Gasteiger partial charge in [0.1, 0.15) is 18.0 Å². The van der Waals surface area contributed by atoms with Crippen molar-refractivity contribution in [3.05, 3.63) is 77.6 Å². The Morgan fingerprint density at radius 1 is 1.03 bits per heavy atom. The first kappa shape index (κ1) is 20.9. The average Bonchev–Trinajstić information content (AvgIpc) is 3.30. The van der Waals surface area contributed by atoms with Gasteiger partial charge in [-0.25, -0.2) is 14.6 Å². The van der Waals surface area contributed by atoms with Crippen molar-refractivity contribution in [2.24, 2.45) is 5.92 Å². The highest BCUT2D eigenvalue weighted by atomic mass is 16.2. The molecule has 3 aromatic heterocycles. The molecule has 1 aliphatic heterocycles.